The molecule has 0 saturated carbocycles. The number of aryl methyl sites for hydroxylation is 2. The van der Waals surface area contributed by atoms with Crippen LogP contribution < -0.4 is 0 Å². The molecular weight excluding hydrogens is 577 g/mol. The molecule has 0 saturated heterocycles. The molecule has 7 aromatic carbocycles. The van der Waals surface area contributed by atoms with E-state index < -0.39 is 0 Å². The largest absolute Gasteiger partial charge is 0.0622 e. The van der Waals surface area contributed by atoms with Crippen molar-refractivity contribution in [1.82, 2.24) is 0 Å². The molecule has 2 aliphatic rings. The van der Waals surface area contributed by atoms with Crippen molar-refractivity contribution in [2.75, 3.05) is 0 Å². The van der Waals surface area contributed by atoms with Crippen LogP contribution in [0.4, 0.5) is 0 Å². The highest BCUT2D eigenvalue weighted by molar-refractivity contribution is 5.83. The Morgan fingerprint density at radius 2 is 0.771 bits per heavy atom. The molecule has 2 aliphatic carbocycles. The van der Waals surface area contributed by atoms with Gasteiger partial charge in [0.15, 0.2) is 0 Å². The average molecular weight is 615 g/mol. The van der Waals surface area contributed by atoms with Gasteiger partial charge in [-0.3, -0.25) is 0 Å². The van der Waals surface area contributed by atoms with Gasteiger partial charge in [-0.05, 0) is 116 Å². The molecule has 0 N–H and O–H groups in total. The SMILES string of the molecule is c1ccc(-c2cccc(C3CCc4ccc(-c5ccc6c(c5)-c5ccccc5C(c5ccccc5)CC6)cc4-c4ccccc43)c2)cc1. The van der Waals surface area contributed by atoms with Crippen molar-refractivity contribution < 1.29 is 0 Å². The van der Waals surface area contributed by atoms with Gasteiger partial charge in [0.1, 0.15) is 0 Å². The molecule has 0 amide bonds. The molecular formula is C48H38. The van der Waals surface area contributed by atoms with Gasteiger partial charge in [-0.2, -0.15) is 0 Å². The monoisotopic (exact) mass is 614 g/mol. The van der Waals surface area contributed by atoms with Crippen molar-refractivity contribution in [1.29, 1.82) is 0 Å². The molecule has 0 nitrogen and oxygen atoms in total. The van der Waals surface area contributed by atoms with Crippen LogP contribution in [0.2, 0.25) is 0 Å². The van der Waals surface area contributed by atoms with Crippen LogP contribution in [0.25, 0.3) is 44.5 Å². The number of fused-ring (bicyclic) bond motifs is 6. The Morgan fingerprint density at radius 1 is 0.312 bits per heavy atom. The van der Waals surface area contributed by atoms with Crippen LogP contribution in [0.5, 0.6) is 0 Å². The highest BCUT2D eigenvalue weighted by Gasteiger charge is 2.26. The van der Waals surface area contributed by atoms with E-state index in [9.17, 15) is 0 Å². The average Bonchev–Trinajstić information content (AvgIpc) is 3.43. The van der Waals surface area contributed by atoms with E-state index in [1.807, 2.05) is 0 Å². The van der Waals surface area contributed by atoms with Gasteiger partial charge in [-0.1, -0.05) is 158 Å². The summed E-state index contributed by atoms with van der Waals surface area (Å²) in [4.78, 5) is 0. The zero-order valence-corrected chi connectivity index (χ0v) is 27.1. The predicted molar refractivity (Wildman–Crippen MR) is 201 cm³/mol. The fraction of sp³-hybridized carbons (Fsp3) is 0.125. The second-order valence-corrected chi connectivity index (χ2v) is 13.5. The molecule has 0 aromatic heterocycles. The first-order valence-corrected chi connectivity index (χ1v) is 17.5. The Morgan fingerprint density at radius 3 is 1.38 bits per heavy atom. The lowest BCUT2D eigenvalue weighted by atomic mass is 9.84. The molecule has 0 radical (unpaired) electrons. The van der Waals surface area contributed by atoms with Gasteiger partial charge in [-0.25, -0.2) is 0 Å². The minimum atomic E-state index is 0.349. The van der Waals surface area contributed by atoms with E-state index in [0.717, 1.165) is 25.7 Å². The molecule has 0 spiro atoms. The van der Waals surface area contributed by atoms with Crippen molar-refractivity contribution in [2.24, 2.45) is 0 Å². The smallest absolute Gasteiger partial charge is 0.00988 e. The summed E-state index contributed by atoms with van der Waals surface area (Å²) < 4.78 is 0. The number of hydrogen-bond donors (Lipinski definition) is 0. The third-order valence-electron chi connectivity index (χ3n) is 10.8. The fourth-order valence-electron chi connectivity index (χ4n) is 8.40. The lowest BCUT2D eigenvalue weighted by Gasteiger charge is -2.19. The first kappa shape index (κ1) is 28.7. The number of hydrogen-bond acceptors (Lipinski definition) is 0. The van der Waals surface area contributed by atoms with E-state index in [1.54, 1.807) is 0 Å². The summed E-state index contributed by atoms with van der Waals surface area (Å²) in [6.07, 6.45) is 4.36. The Bertz CT molecular complexity index is 2240. The highest BCUT2D eigenvalue weighted by Crippen LogP contribution is 2.45. The van der Waals surface area contributed by atoms with Crippen LogP contribution in [-0.2, 0) is 12.8 Å². The molecule has 7 aromatic rings. The minimum absolute atomic E-state index is 0.349. The van der Waals surface area contributed by atoms with Crippen molar-refractivity contribution in [3.63, 3.8) is 0 Å². The maximum Gasteiger partial charge on any atom is 0.00988 e. The van der Waals surface area contributed by atoms with E-state index in [1.165, 1.54) is 77.9 Å². The van der Waals surface area contributed by atoms with Gasteiger partial charge in [0.05, 0.1) is 0 Å². The molecule has 0 fully saturated rings. The quantitative estimate of drug-likeness (QED) is 0.185. The summed E-state index contributed by atoms with van der Waals surface area (Å²) in [6.45, 7) is 0. The van der Waals surface area contributed by atoms with E-state index in [2.05, 4.69) is 170 Å². The molecule has 230 valence electrons. The van der Waals surface area contributed by atoms with Gasteiger partial charge < -0.3 is 0 Å². The first-order valence-electron chi connectivity index (χ1n) is 17.5. The van der Waals surface area contributed by atoms with Gasteiger partial charge >= 0.3 is 0 Å². The molecule has 0 aliphatic heterocycles. The third-order valence-corrected chi connectivity index (χ3v) is 10.8. The zero-order valence-electron chi connectivity index (χ0n) is 27.1. The summed E-state index contributed by atoms with van der Waals surface area (Å²) in [5, 5.41) is 0. The third kappa shape index (κ3) is 5.19. The van der Waals surface area contributed by atoms with Crippen LogP contribution in [0.15, 0.2) is 170 Å². The van der Waals surface area contributed by atoms with E-state index >= 15 is 0 Å². The van der Waals surface area contributed by atoms with Crippen molar-refractivity contribution in [3.05, 3.63) is 203 Å². The van der Waals surface area contributed by atoms with Crippen molar-refractivity contribution in [2.45, 2.75) is 37.5 Å². The fourth-order valence-corrected chi connectivity index (χ4v) is 8.40. The molecule has 0 bridgehead atoms. The van der Waals surface area contributed by atoms with E-state index in [-0.39, 0.29) is 0 Å². The minimum Gasteiger partial charge on any atom is -0.0622 e. The van der Waals surface area contributed by atoms with Gasteiger partial charge in [-0.15, -0.1) is 0 Å². The van der Waals surface area contributed by atoms with Crippen LogP contribution in [0.1, 0.15) is 58.1 Å². The first-order chi connectivity index (χ1) is 23.8. The predicted octanol–water partition coefficient (Wildman–Crippen LogP) is 12.5. The topological polar surface area (TPSA) is 0 Å². The Labute approximate surface area is 284 Å². The molecule has 0 heteroatoms. The zero-order chi connectivity index (χ0) is 31.9. The summed E-state index contributed by atoms with van der Waals surface area (Å²) in [5.41, 5.74) is 19.2. The van der Waals surface area contributed by atoms with Crippen LogP contribution >= 0.6 is 0 Å². The molecule has 0 heterocycles. The van der Waals surface area contributed by atoms with E-state index in [0.29, 0.717) is 11.8 Å². The standard InChI is InChI=1S/C48H38/c1-3-12-33(13-4-1)37-16-11-17-40(30-37)42-29-27-36-23-25-39(32-48(36)46-21-10-8-19-44(42)46)38-24-22-35-26-28-41(34-14-5-2-6-15-34)43-18-7-9-20-45(43)47(35)31-38/h1-25,30-32,41-42H,26-29H2. The van der Waals surface area contributed by atoms with Crippen molar-refractivity contribution >= 4 is 0 Å². The maximum absolute atomic E-state index is 2.47. The maximum atomic E-state index is 2.47. The molecule has 9 rings (SSSR count). The van der Waals surface area contributed by atoms with E-state index in [4.69, 9.17) is 0 Å². The van der Waals surface area contributed by atoms with Gasteiger partial charge in [0.25, 0.3) is 0 Å². The van der Waals surface area contributed by atoms with Crippen LogP contribution in [-0.4, -0.2) is 0 Å². The number of rotatable bonds is 4. The Kier molecular flexibility index (Phi) is 7.36. The number of benzene rings is 7. The molecule has 48 heavy (non-hydrogen) atoms. The normalized spacial score (nSPS) is 16.4. The summed E-state index contributed by atoms with van der Waals surface area (Å²) in [5.74, 6) is 0.755. The van der Waals surface area contributed by atoms with Gasteiger partial charge in [0, 0.05) is 11.8 Å². The second-order valence-electron chi connectivity index (χ2n) is 13.5. The van der Waals surface area contributed by atoms with Crippen LogP contribution in [0, 0.1) is 0 Å². The summed E-state index contributed by atoms with van der Waals surface area (Å²) >= 11 is 0. The molecule has 2 atom stereocenters. The summed E-state index contributed by atoms with van der Waals surface area (Å²) in [6, 6.07) is 63.7. The Balaban J connectivity index is 1.11. The summed E-state index contributed by atoms with van der Waals surface area (Å²) in [7, 11) is 0. The van der Waals surface area contributed by atoms with Gasteiger partial charge in [0.2, 0.25) is 0 Å². The second kappa shape index (κ2) is 12.3. The lowest BCUT2D eigenvalue weighted by Crippen LogP contribution is -2.02. The van der Waals surface area contributed by atoms with Crippen LogP contribution in [0.3, 0.4) is 0 Å². The Hall–Kier alpha value is -5.46. The molecule has 2 unspecified atom stereocenters. The highest BCUT2D eigenvalue weighted by atomic mass is 14.3. The van der Waals surface area contributed by atoms with Crippen molar-refractivity contribution in [3.8, 4) is 44.5 Å². The lowest BCUT2D eigenvalue weighted by molar-refractivity contribution is 0.726.